The normalized spacial score (nSPS) is 34.0. The zero-order valence-corrected chi connectivity index (χ0v) is 25.0. The molecule has 45 heavy (non-hydrogen) atoms. The van der Waals surface area contributed by atoms with E-state index in [0.29, 0.717) is 10.6 Å². The van der Waals surface area contributed by atoms with Gasteiger partial charge in [0.15, 0.2) is 11.6 Å². The molecule has 1 aliphatic carbocycles. The second kappa shape index (κ2) is 14.1. The number of hydrogen-bond acceptors (Lipinski definition) is 12. The lowest BCUT2D eigenvalue weighted by Crippen LogP contribution is -2.67. The van der Waals surface area contributed by atoms with Gasteiger partial charge in [0.1, 0.15) is 55.6 Å². The molecule has 2 saturated heterocycles. The fourth-order valence-corrected chi connectivity index (χ4v) is 5.61. The molecule has 2 aromatic rings. The van der Waals surface area contributed by atoms with E-state index in [1.165, 1.54) is 31.3 Å². The van der Waals surface area contributed by atoms with Crippen LogP contribution in [-0.4, -0.2) is 112 Å². The van der Waals surface area contributed by atoms with E-state index in [2.05, 4.69) is 15.8 Å². The second-order valence-corrected chi connectivity index (χ2v) is 11.5. The van der Waals surface area contributed by atoms with Crippen LogP contribution in [0.2, 0.25) is 5.02 Å². The summed E-state index contributed by atoms with van der Waals surface area (Å²) >= 11 is 6.11. The number of amides is 1. The van der Waals surface area contributed by atoms with Crippen molar-refractivity contribution in [2.24, 2.45) is 5.10 Å². The first-order chi connectivity index (χ1) is 21.5. The number of rotatable bonds is 9. The molecule has 11 atom stereocenters. The molecule has 3 fully saturated rings. The van der Waals surface area contributed by atoms with Gasteiger partial charge in [-0.25, -0.2) is 4.39 Å². The zero-order valence-electron chi connectivity index (χ0n) is 24.2. The van der Waals surface area contributed by atoms with Crippen LogP contribution in [0.3, 0.4) is 0 Å². The molecule has 13 nitrogen and oxygen atoms in total. The molecule has 15 heteroatoms. The fraction of sp³-hybridized carbons (Fsp3) is 0.467. The van der Waals surface area contributed by atoms with Gasteiger partial charge >= 0.3 is 0 Å². The van der Waals surface area contributed by atoms with Crippen molar-refractivity contribution in [2.45, 2.75) is 81.1 Å². The average molecular weight is 652 g/mol. The van der Waals surface area contributed by atoms with Gasteiger partial charge in [0.25, 0.3) is 0 Å². The average Bonchev–Trinajstić information content (AvgIpc) is 3.62. The highest BCUT2D eigenvalue weighted by Gasteiger charge is 2.53. The summed E-state index contributed by atoms with van der Waals surface area (Å²) in [5.74, 6) is -1.77. The summed E-state index contributed by atoms with van der Waals surface area (Å²) in [6.07, 6.45) is -8.40. The minimum atomic E-state index is -1.51. The lowest BCUT2D eigenvalue weighted by atomic mass is 9.83. The summed E-state index contributed by atoms with van der Waals surface area (Å²) in [5, 5.41) is 59.5. The Kier molecular flexibility index (Phi) is 10.4. The van der Waals surface area contributed by atoms with Crippen LogP contribution in [0.4, 0.5) is 4.39 Å². The molecule has 2 heterocycles. The van der Waals surface area contributed by atoms with Crippen molar-refractivity contribution in [1.29, 1.82) is 0 Å². The number of carbonyl (C=O) groups is 1. The van der Waals surface area contributed by atoms with Crippen molar-refractivity contribution < 1.29 is 53.7 Å². The van der Waals surface area contributed by atoms with Gasteiger partial charge in [-0.05, 0) is 43.7 Å². The number of fused-ring (bicyclic) bond motifs is 1. The predicted octanol–water partition coefficient (Wildman–Crippen LogP) is 0.0427. The molecule has 244 valence electrons. The largest absolute Gasteiger partial charge is 0.459 e. The molecule has 0 radical (unpaired) electrons. The van der Waals surface area contributed by atoms with E-state index in [1.807, 2.05) is 0 Å². The van der Waals surface area contributed by atoms with Crippen molar-refractivity contribution in [1.82, 2.24) is 10.7 Å². The van der Waals surface area contributed by atoms with Crippen molar-refractivity contribution >= 4 is 29.8 Å². The van der Waals surface area contributed by atoms with Gasteiger partial charge in [-0.1, -0.05) is 35.9 Å². The van der Waals surface area contributed by atoms with E-state index in [0.717, 1.165) is 6.07 Å². The third-order valence-corrected chi connectivity index (χ3v) is 8.32. The number of hydrazone groups is 1. The number of aliphatic hydroxyl groups excluding tert-OH is 5. The van der Waals surface area contributed by atoms with Crippen LogP contribution in [0, 0.1) is 5.82 Å². The summed E-state index contributed by atoms with van der Waals surface area (Å²) in [4.78, 5) is 12.8. The van der Waals surface area contributed by atoms with Gasteiger partial charge in [-0.15, -0.1) is 0 Å². The van der Waals surface area contributed by atoms with E-state index >= 15 is 4.39 Å². The fourth-order valence-electron chi connectivity index (χ4n) is 5.42. The molecule has 1 amide bonds. The van der Waals surface area contributed by atoms with Crippen molar-refractivity contribution in [2.75, 3.05) is 6.79 Å². The molecule has 0 aromatic heterocycles. The smallest absolute Gasteiger partial charge is 0.247 e. The number of carbonyl (C=O) groups excluding carboxylic acids is 1. The molecule has 1 saturated carbocycles. The number of nitrogens with zero attached hydrogens (tertiary/aromatic N) is 1. The van der Waals surface area contributed by atoms with Gasteiger partial charge in [0, 0.05) is 16.2 Å². The molecule has 0 spiro atoms. The summed E-state index contributed by atoms with van der Waals surface area (Å²) in [6.45, 7) is 2.97. The van der Waals surface area contributed by atoms with Crippen LogP contribution in [0.15, 0.2) is 53.1 Å². The third-order valence-electron chi connectivity index (χ3n) is 7.98. The highest BCUT2D eigenvalue weighted by atomic mass is 35.5. The quantitative estimate of drug-likeness (QED) is 0.110. The standard InChI is InChI=1S/C30H35ClFN3O10/c1-13(29(41)34-20-21(36)23(38)28-27(22(20)37)42-12-43-28)9-15-7-8-19(18(32)10-15)44-30-25(40)24(39)26(45-30)14(2)35-33-11-16-5-3-4-6-17(16)31/h3-11,14,20-28,30,35-40H,12H2,1-2H3,(H,34,41)/b13-9+,33-11?/t14?,20-,21+,22-,23-,24+,25+,26-,27+,28-,30-/m1/s1. The van der Waals surface area contributed by atoms with Gasteiger partial charge in [0.05, 0.1) is 18.3 Å². The van der Waals surface area contributed by atoms with E-state index in [1.54, 1.807) is 31.2 Å². The Morgan fingerprint density at radius 1 is 1.04 bits per heavy atom. The Morgan fingerprint density at radius 3 is 2.47 bits per heavy atom. The monoisotopic (exact) mass is 651 g/mol. The molecule has 1 unspecified atom stereocenters. The summed E-state index contributed by atoms with van der Waals surface area (Å²) in [7, 11) is 0. The highest BCUT2D eigenvalue weighted by molar-refractivity contribution is 6.33. The Hall–Kier alpha value is -3.18. The van der Waals surface area contributed by atoms with E-state index in [9.17, 15) is 30.3 Å². The van der Waals surface area contributed by atoms with Gasteiger partial charge in [-0.2, -0.15) is 5.10 Å². The van der Waals surface area contributed by atoms with Crippen LogP contribution in [-0.2, 0) is 19.0 Å². The molecule has 2 aliphatic heterocycles. The lowest BCUT2D eigenvalue weighted by Gasteiger charge is -2.41. The van der Waals surface area contributed by atoms with Crippen LogP contribution in [0.5, 0.6) is 5.75 Å². The number of hydrogen-bond donors (Lipinski definition) is 7. The molecule has 7 N–H and O–H groups in total. The maximum absolute atomic E-state index is 15.0. The minimum absolute atomic E-state index is 0.113. The molecular weight excluding hydrogens is 617 g/mol. The SMILES string of the molecule is C/C(=C\c1ccc(O[C@@H]2O[C@H](C(C)NN=Cc3ccccc3Cl)[C@@H](O)[C@@H]2O)c(F)c1)C(=O)N[C@@H]1[C@H](O)[C@@H](O)[C@H]2OCO[C@H]2[C@@H]1O. The molecule has 3 aliphatic rings. The first-order valence-electron chi connectivity index (χ1n) is 14.2. The van der Waals surface area contributed by atoms with Gasteiger partial charge in [-0.3, -0.25) is 4.79 Å². The van der Waals surface area contributed by atoms with E-state index < -0.39 is 78.9 Å². The Balaban J connectivity index is 1.18. The first kappa shape index (κ1) is 33.2. The lowest BCUT2D eigenvalue weighted by molar-refractivity contribution is -0.155. The van der Waals surface area contributed by atoms with Gasteiger partial charge in [0.2, 0.25) is 12.2 Å². The van der Waals surface area contributed by atoms with Crippen LogP contribution in [0.1, 0.15) is 25.0 Å². The Bertz CT molecular complexity index is 1430. The van der Waals surface area contributed by atoms with E-state index in [4.69, 9.17) is 30.5 Å². The summed E-state index contributed by atoms with van der Waals surface area (Å²) < 4.78 is 36.7. The number of benzene rings is 2. The van der Waals surface area contributed by atoms with E-state index in [-0.39, 0.29) is 23.7 Å². The number of ether oxygens (including phenoxy) is 4. The number of halogens is 2. The third kappa shape index (κ3) is 7.14. The highest BCUT2D eigenvalue weighted by Crippen LogP contribution is 2.31. The number of aliphatic hydroxyl groups is 5. The minimum Gasteiger partial charge on any atom is -0.459 e. The van der Waals surface area contributed by atoms with Crippen molar-refractivity contribution in [3.63, 3.8) is 0 Å². The maximum atomic E-state index is 15.0. The predicted molar refractivity (Wildman–Crippen MR) is 158 cm³/mol. The van der Waals surface area contributed by atoms with Crippen molar-refractivity contribution in [3.8, 4) is 5.75 Å². The first-order valence-corrected chi connectivity index (χ1v) is 14.6. The molecule has 2 aromatic carbocycles. The summed E-state index contributed by atoms with van der Waals surface area (Å²) in [6, 6.07) is 9.09. The number of nitrogens with one attached hydrogen (secondary N) is 2. The second-order valence-electron chi connectivity index (χ2n) is 11.1. The van der Waals surface area contributed by atoms with Crippen LogP contribution in [0.25, 0.3) is 6.08 Å². The Morgan fingerprint density at radius 2 is 1.76 bits per heavy atom. The zero-order chi connectivity index (χ0) is 32.4. The van der Waals surface area contributed by atoms with Crippen LogP contribution < -0.4 is 15.5 Å². The summed E-state index contributed by atoms with van der Waals surface area (Å²) in [5.41, 5.74) is 3.89. The molecule has 5 rings (SSSR count). The van der Waals surface area contributed by atoms with Crippen molar-refractivity contribution in [3.05, 3.63) is 70.0 Å². The van der Waals surface area contributed by atoms with Crippen LogP contribution >= 0.6 is 11.6 Å². The molecular formula is C30H35ClFN3O10. The molecule has 0 bridgehead atoms. The topological polar surface area (TPSA) is 192 Å². The van der Waals surface area contributed by atoms with Gasteiger partial charge < -0.3 is 55.2 Å². The Labute approximate surface area is 262 Å². The maximum Gasteiger partial charge on any atom is 0.247 e.